The quantitative estimate of drug-likeness (QED) is 0.646. The highest BCUT2D eigenvalue weighted by Gasteiger charge is 2.33. The zero-order valence-corrected chi connectivity index (χ0v) is 17.6. The molecule has 6 nitrogen and oxygen atoms in total. The van der Waals surface area contributed by atoms with Crippen LogP contribution in [0, 0.1) is 5.92 Å². The van der Waals surface area contributed by atoms with Gasteiger partial charge in [0.1, 0.15) is 6.04 Å². The van der Waals surface area contributed by atoms with Gasteiger partial charge in [-0.3, -0.25) is 14.4 Å². The summed E-state index contributed by atoms with van der Waals surface area (Å²) in [5, 5.41) is 5.71. The molecule has 0 spiro atoms. The standard InChI is InChI=1S/C25H29N3O3/c1-2-15-26-25(31)23(27-24(30)21-11-7-4-8-12-21)20-13-16-28(17-14-20)22(29)18-19-9-5-3-6-10-19/h2-12,20,23H,1,13-18H2,(H,26,31)(H,27,30). The van der Waals surface area contributed by atoms with Gasteiger partial charge < -0.3 is 15.5 Å². The number of nitrogens with zero attached hydrogens (tertiary/aromatic N) is 1. The van der Waals surface area contributed by atoms with Crippen molar-refractivity contribution >= 4 is 17.7 Å². The monoisotopic (exact) mass is 419 g/mol. The highest BCUT2D eigenvalue weighted by molar-refractivity contribution is 5.97. The van der Waals surface area contributed by atoms with Crippen molar-refractivity contribution in [3.63, 3.8) is 0 Å². The van der Waals surface area contributed by atoms with Crippen LogP contribution in [-0.2, 0) is 16.0 Å². The SMILES string of the molecule is C=CCNC(=O)C(NC(=O)c1ccccc1)C1CCN(C(=O)Cc2ccccc2)CC1. The van der Waals surface area contributed by atoms with Crippen LogP contribution in [0.25, 0.3) is 0 Å². The van der Waals surface area contributed by atoms with Crippen molar-refractivity contribution in [1.82, 2.24) is 15.5 Å². The minimum absolute atomic E-state index is 0.0433. The molecule has 0 radical (unpaired) electrons. The van der Waals surface area contributed by atoms with Gasteiger partial charge in [0.2, 0.25) is 11.8 Å². The van der Waals surface area contributed by atoms with Crippen LogP contribution in [0.5, 0.6) is 0 Å². The molecule has 6 heteroatoms. The van der Waals surface area contributed by atoms with Crippen molar-refractivity contribution in [2.24, 2.45) is 5.92 Å². The molecule has 0 bridgehead atoms. The van der Waals surface area contributed by atoms with Crippen LogP contribution in [0.3, 0.4) is 0 Å². The normalized spacial score (nSPS) is 15.0. The number of piperidine rings is 1. The number of benzene rings is 2. The topological polar surface area (TPSA) is 78.5 Å². The lowest BCUT2D eigenvalue weighted by molar-refractivity contribution is -0.132. The van der Waals surface area contributed by atoms with Crippen LogP contribution in [0.4, 0.5) is 0 Å². The van der Waals surface area contributed by atoms with E-state index in [4.69, 9.17) is 0 Å². The number of hydrogen-bond acceptors (Lipinski definition) is 3. The average Bonchev–Trinajstić information content (AvgIpc) is 2.82. The first-order valence-electron chi connectivity index (χ1n) is 10.6. The maximum Gasteiger partial charge on any atom is 0.251 e. The summed E-state index contributed by atoms with van der Waals surface area (Å²) in [5.41, 5.74) is 1.51. The van der Waals surface area contributed by atoms with E-state index in [-0.39, 0.29) is 23.6 Å². The summed E-state index contributed by atoms with van der Waals surface area (Å²) in [6, 6.07) is 17.9. The number of amides is 3. The summed E-state index contributed by atoms with van der Waals surface area (Å²) in [6.07, 6.45) is 3.29. The van der Waals surface area contributed by atoms with Crippen molar-refractivity contribution < 1.29 is 14.4 Å². The van der Waals surface area contributed by atoms with Gasteiger partial charge in [-0.25, -0.2) is 0 Å². The third-order valence-corrected chi connectivity index (χ3v) is 5.59. The van der Waals surface area contributed by atoms with Crippen LogP contribution in [-0.4, -0.2) is 48.3 Å². The summed E-state index contributed by atoms with van der Waals surface area (Å²) in [6.45, 7) is 5.11. The third kappa shape index (κ3) is 6.28. The molecule has 1 unspecified atom stereocenters. The highest BCUT2D eigenvalue weighted by atomic mass is 16.2. The molecular formula is C25H29N3O3. The van der Waals surface area contributed by atoms with Gasteiger partial charge in [-0.1, -0.05) is 54.6 Å². The molecule has 2 aromatic carbocycles. The number of carbonyl (C=O) groups excluding carboxylic acids is 3. The Morgan fingerprint density at radius 1 is 1.00 bits per heavy atom. The summed E-state index contributed by atoms with van der Waals surface area (Å²) in [5.74, 6) is -0.455. The van der Waals surface area contributed by atoms with Crippen molar-refractivity contribution in [3.05, 3.63) is 84.4 Å². The first-order chi connectivity index (χ1) is 15.1. The van der Waals surface area contributed by atoms with E-state index >= 15 is 0 Å². The van der Waals surface area contributed by atoms with Gasteiger partial charge in [0.15, 0.2) is 0 Å². The molecule has 1 aliphatic rings. The first-order valence-corrected chi connectivity index (χ1v) is 10.6. The van der Waals surface area contributed by atoms with Crippen molar-refractivity contribution in [2.45, 2.75) is 25.3 Å². The van der Waals surface area contributed by atoms with Crippen LogP contribution in [0.15, 0.2) is 73.3 Å². The van der Waals surface area contributed by atoms with Gasteiger partial charge >= 0.3 is 0 Å². The number of nitrogens with one attached hydrogen (secondary N) is 2. The van der Waals surface area contributed by atoms with Crippen LogP contribution >= 0.6 is 0 Å². The van der Waals surface area contributed by atoms with Gasteiger partial charge in [0, 0.05) is 25.2 Å². The molecule has 31 heavy (non-hydrogen) atoms. The second kappa shape index (κ2) is 11.1. The van der Waals surface area contributed by atoms with Gasteiger partial charge in [0.25, 0.3) is 5.91 Å². The van der Waals surface area contributed by atoms with Crippen LogP contribution in [0.1, 0.15) is 28.8 Å². The van der Waals surface area contributed by atoms with Crippen LogP contribution < -0.4 is 10.6 Å². The molecule has 1 aliphatic heterocycles. The maximum atomic E-state index is 12.8. The Morgan fingerprint density at radius 3 is 2.23 bits per heavy atom. The molecule has 1 fully saturated rings. The van der Waals surface area contributed by atoms with E-state index in [1.807, 2.05) is 41.3 Å². The molecule has 2 aromatic rings. The number of hydrogen-bond donors (Lipinski definition) is 2. The van der Waals surface area contributed by atoms with E-state index in [2.05, 4.69) is 17.2 Å². The molecule has 162 valence electrons. The molecule has 2 N–H and O–H groups in total. The molecule has 0 aliphatic carbocycles. The minimum Gasteiger partial charge on any atom is -0.351 e. The minimum atomic E-state index is -0.654. The summed E-state index contributed by atoms with van der Waals surface area (Å²) in [4.78, 5) is 39.9. The predicted octanol–water partition coefficient (Wildman–Crippen LogP) is 2.57. The molecule has 0 aromatic heterocycles. The smallest absolute Gasteiger partial charge is 0.251 e. The van der Waals surface area contributed by atoms with Crippen molar-refractivity contribution in [1.29, 1.82) is 0 Å². The Morgan fingerprint density at radius 2 is 1.61 bits per heavy atom. The van der Waals surface area contributed by atoms with E-state index < -0.39 is 6.04 Å². The Kier molecular flexibility index (Phi) is 7.98. The van der Waals surface area contributed by atoms with Crippen LogP contribution in [0.2, 0.25) is 0 Å². The maximum absolute atomic E-state index is 12.8. The van der Waals surface area contributed by atoms with Crippen molar-refractivity contribution in [2.75, 3.05) is 19.6 Å². The zero-order valence-electron chi connectivity index (χ0n) is 17.6. The van der Waals surface area contributed by atoms with E-state index in [0.29, 0.717) is 44.5 Å². The highest BCUT2D eigenvalue weighted by Crippen LogP contribution is 2.22. The fraction of sp³-hybridized carbons (Fsp3) is 0.320. The molecule has 1 atom stereocenters. The van der Waals surface area contributed by atoms with E-state index in [1.54, 1.807) is 30.3 Å². The molecule has 1 heterocycles. The number of carbonyl (C=O) groups is 3. The predicted molar refractivity (Wildman–Crippen MR) is 120 cm³/mol. The van der Waals surface area contributed by atoms with Gasteiger partial charge in [-0.2, -0.15) is 0 Å². The molecule has 3 amide bonds. The van der Waals surface area contributed by atoms with E-state index in [1.165, 1.54) is 0 Å². The fourth-order valence-corrected chi connectivity index (χ4v) is 3.86. The number of likely N-dealkylation sites (tertiary alicyclic amines) is 1. The lowest BCUT2D eigenvalue weighted by Gasteiger charge is -2.36. The number of rotatable bonds is 8. The summed E-state index contributed by atoms with van der Waals surface area (Å²) >= 11 is 0. The lowest BCUT2D eigenvalue weighted by atomic mass is 9.88. The largest absolute Gasteiger partial charge is 0.351 e. The second-order valence-electron chi connectivity index (χ2n) is 7.73. The lowest BCUT2D eigenvalue weighted by Crippen LogP contribution is -2.54. The summed E-state index contributed by atoms with van der Waals surface area (Å²) < 4.78 is 0. The van der Waals surface area contributed by atoms with Gasteiger partial charge in [-0.05, 0) is 36.5 Å². The van der Waals surface area contributed by atoms with Gasteiger partial charge in [0.05, 0.1) is 6.42 Å². The Labute approximate surface area is 183 Å². The third-order valence-electron chi connectivity index (χ3n) is 5.59. The molecule has 3 rings (SSSR count). The Bertz CT molecular complexity index is 891. The average molecular weight is 420 g/mol. The Balaban J connectivity index is 1.62. The summed E-state index contributed by atoms with van der Waals surface area (Å²) in [7, 11) is 0. The van der Waals surface area contributed by atoms with Crippen molar-refractivity contribution in [3.8, 4) is 0 Å². The molecule has 1 saturated heterocycles. The molecular weight excluding hydrogens is 390 g/mol. The van der Waals surface area contributed by atoms with Gasteiger partial charge in [-0.15, -0.1) is 6.58 Å². The molecule has 0 saturated carbocycles. The first kappa shape index (κ1) is 22.3. The second-order valence-corrected chi connectivity index (χ2v) is 7.73. The van der Waals surface area contributed by atoms with E-state index in [0.717, 1.165) is 5.56 Å². The zero-order chi connectivity index (χ0) is 22.1. The van der Waals surface area contributed by atoms with E-state index in [9.17, 15) is 14.4 Å². The Hall–Kier alpha value is -3.41. The fourth-order valence-electron chi connectivity index (χ4n) is 3.86.